The second-order valence-corrected chi connectivity index (χ2v) is 9.89. The summed E-state index contributed by atoms with van der Waals surface area (Å²) in [6.07, 6.45) is 7.38. The van der Waals surface area contributed by atoms with Crippen LogP contribution in [0.15, 0.2) is 108 Å². The highest BCUT2D eigenvalue weighted by atomic mass is 16.3. The molecule has 1 fully saturated rings. The zero-order chi connectivity index (χ0) is 25.0. The van der Waals surface area contributed by atoms with Crippen molar-refractivity contribution in [2.75, 3.05) is 5.01 Å². The van der Waals surface area contributed by atoms with E-state index in [0.717, 1.165) is 29.7 Å². The number of rotatable bonds is 6. The monoisotopic (exact) mass is 479 g/mol. The van der Waals surface area contributed by atoms with Crippen molar-refractivity contribution >= 4 is 17.3 Å². The average molecular weight is 480 g/mol. The Morgan fingerprint density at radius 1 is 0.889 bits per heavy atom. The van der Waals surface area contributed by atoms with E-state index in [1.165, 1.54) is 24.3 Å². The van der Waals surface area contributed by atoms with E-state index in [2.05, 4.69) is 24.4 Å². The van der Waals surface area contributed by atoms with Gasteiger partial charge in [-0.3, -0.25) is 4.79 Å². The number of nitrogens with one attached hydrogen (secondary N) is 1. The van der Waals surface area contributed by atoms with E-state index in [1.54, 1.807) is 6.08 Å². The molecule has 0 saturated heterocycles. The largest absolute Gasteiger partial charge is 0.493 e. The molecule has 1 saturated carbocycles. The quantitative estimate of drug-likeness (QED) is 0.422. The van der Waals surface area contributed by atoms with Gasteiger partial charge in [0.1, 0.15) is 5.92 Å². The molecule has 1 amide bonds. The molecule has 0 aromatic heterocycles. The third-order valence-corrected chi connectivity index (χ3v) is 7.57. The Bertz CT molecular complexity index is 1230. The van der Waals surface area contributed by atoms with Gasteiger partial charge in [0.2, 0.25) is 11.8 Å². The Morgan fingerprint density at radius 3 is 2.11 bits per heavy atom. The number of nitrogens with zero attached hydrogens (tertiary/aromatic N) is 2. The van der Waals surface area contributed by atoms with E-state index in [4.69, 9.17) is 5.10 Å². The predicted molar refractivity (Wildman–Crippen MR) is 145 cm³/mol. The molecule has 184 valence electrons. The smallest absolute Gasteiger partial charge is 0.234 e. The first-order chi connectivity index (χ1) is 17.6. The first-order valence-corrected chi connectivity index (χ1v) is 12.8. The normalized spacial score (nSPS) is 20.1. The standard InChI is InChI=1S/C31H33N3O2/c1-31(24-16-8-3-9-17-24,25-18-10-4-11-19-25)32-30(36)27-22-28(35)34(26-20-12-5-13-21-26)33-29(27)23-14-6-2-7-15-23/h2-3,5-9,12-17,20-22,25,27,35H,4,10-11,18-19H2,1H3,(H,32,36). The molecule has 2 unspecified atom stereocenters. The van der Waals surface area contributed by atoms with E-state index in [9.17, 15) is 9.90 Å². The van der Waals surface area contributed by atoms with Gasteiger partial charge >= 0.3 is 0 Å². The molecule has 2 N–H and O–H groups in total. The van der Waals surface area contributed by atoms with Crippen molar-refractivity contribution in [3.05, 3.63) is 114 Å². The molecule has 1 heterocycles. The van der Waals surface area contributed by atoms with Crippen LogP contribution < -0.4 is 10.3 Å². The molecule has 5 nitrogen and oxygen atoms in total. The fourth-order valence-corrected chi connectivity index (χ4v) is 5.53. The third kappa shape index (κ3) is 4.78. The maximum Gasteiger partial charge on any atom is 0.234 e. The summed E-state index contributed by atoms with van der Waals surface area (Å²) in [6, 6.07) is 29.5. The Kier molecular flexibility index (Phi) is 6.90. The molecular weight excluding hydrogens is 446 g/mol. The lowest BCUT2D eigenvalue weighted by molar-refractivity contribution is -0.124. The van der Waals surface area contributed by atoms with Crippen molar-refractivity contribution in [3.63, 3.8) is 0 Å². The van der Waals surface area contributed by atoms with Gasteiger partial charge < -0.3 is 10.4 Å². The molecule has 2 atom stereocenters. The molecule has 1 aliphatic heterocycles. The molecule has 36 heavy (non-hydrogen) atoms. The second-order valence-electron chi connectivity index (χ2n) is 9.89. The summed E-state index contributed by atoms with van der Waals surface area (Å²) in [5.41, 5.74) is 2.78. The average Bonchev–Trinajstić information content (AvgIpc) is 2.94. The van der Waals surface area contributed by atoms with Gasteiger partial charge in [0, 0.05) is 0 Å². The number of amides is 1. The van der Waals surface area contributed by atoms with Crippen LogP contribution in [0.25, 0.3) is 0 Å². The van der Waals surface area contributed by atoms with Gasteiger partial charge in [-0.25, -0.2) is 5.01 Å². The second kappa shape index (κ2) is 10.4. The Balaban J connectivity index is 1.52. The molecule has 0 bridgehead atoms. The van der Waals surface area contributed by atoms with Crippen LogP contribution in [0.1, 0.15) is 50.2 Å². The van der Waals surface area contributed by atoms with Crippen LogP contribution in [0.2, 0.25) is 0 Å². The highest BCUT2D eigenvalue weighted by Crippen LogP contribution is 2.40. The SMILES string of the molecule is CC(NC(=O)C1C=C(O)N(c2ccccc2)N=C1c1ccccc1)(c1ccccc1)C1CCCCC1. The predicted octanol–water partition coefficient (Wildman–Crippen LogP) is 6.54. The summed E-state index contributed by atoms with van der Waals surface area (Å²) in [4.78, 5) is 14.0. The summed E-state index contributed by atoms with van der Waals surface area (Å²) in [5.74, 6) is -0.593. The lowest BCUT2D eigenvalue weighted by atomic mass is 9.71. The van der Waals surface area contributed by atoms with Crippen LogP contribution in [-0.2, 0) is 10.3 Å². The molecule has 1 aliphatic carbocycles. The van der Waals surface area contributed by atoms with Crippen LogP contribution >= 0.6 is 0 Å². The fourth-order valence-electron chi connectivity index (χ4n) is 5.53. The maximum absolute atomic E-state index is 14.0. The number of hydrogen-bond acceptors (Lipinski definition) is 4. The highest BCUT2D eigenvalue weighted by molar-refractivity contribution is 6.15. The Hall–Kier alpha value is -3.86. The van der Waals surface area contributed by atoms with Gasteiger partial charge in [-0.2, -0.15) is 5.10 Å². The van der Waals surface area contributed by atoms with E-state index < -0.39 is 11.5 Å². The lowest BCUT2D eigenvalue weighted by Gasteiger charge is -2.42. The van der Waals surface area contributed by atoms with Gasteiger partial charge in [0.15, 0.2) is 0 Å². The van der Waals surface area contributed by atoms with Crippen molar-refractivity contribution < 1.29 is 9.90 Å². The van der Waals surface area contributed by atoms with Crippen molar-refractivity contribution in [3.8, 4) is 0 Å². The van der Waals surface area contributed by atoms with E-state index in [0.29, 0.717) is 11.6 Å². The van der Waals surface area contributed by atoms with E-state index in [1.807, 2.05) is 78.9 Å². The molecular formula is C31H33N3O2. The van der Waals surface area contributed by atoms with Gasteiger partial charge in [-0.1, -0.05) is 98.1 Å². The molecule has 2 aliphatic rings. The van der Waals surface area contributed by atoms with Crippen LogP contribution in [0, 0.1) is 11.8 Å². The van der Waals surface area contributed by atoms with Crippen LogP contribution in [0.3, 0.4) is 0 Å². The summed E-state index contributed by atoms with van der Waals surface area (Å²) in [7, 11) is 0. The first-order valence-electron chi connectivity index (χ1n) is 12.8. The Morgan fingerprint density at radius 2 is 1.47 bits per heavy atom. The Labute approximate surface area is 213 Å². The van der Waals surface area contributed by atoms with E-state index >= 15 is 0 Å². The fraction of sp³-hybridized carbons (Fsp3) is 0.290. The number of carbonyl (C=O) groups is 1. The topological polar surface area (TPSA) is 64.9 Å². The van der Waals surface area contributed by atoms with E-state index in [-0.39, 0.29) is 11.8 Å². The number of anilines is 1. The van der Waals surface area contributed by atoms with Gasteiger partial charge in [-0.15, -0.1) is 0 Å². The van der Waals surface area contributed by atoms with Gasteiger partial charge in [0.05, 0.1) is 16.9 Å². The molecule has 5 heteroatoms. The number of aliphatic hydroxyl groups excluding tert-OH is 1. The minimum absolute atomic E-state index is 0.0555. The van der Waals surface area contributed by atoms with Crippen molar-refractivity contribution in [2.24, 2.45) is 16.9 Å². The summed E-state index contributed by atoms with van der Waals surface area (Å²) >= 11 is 0. The zero-order valence-corrected chi connectivity index (χ0v) is 20.7. The van der Waals surface area contributed by atoms with Crippen molar-refractivity contribution in [1.29, 1.82) is 0 Å². The number of para-hydroxylation sites is 1. The zero-order valence-electron chi connectivity index (χ0n) is 20.7. The maximum atomic E-state index is 14.0. The molecule has 0 spiro atoms. The molecule has 3 aromatic rings. The van der Waals surface area contributed by atoms with Gasteiger partial charge in [0.25, 0.3) is 0 Å². The number of hydrazone groups is 1. The number of hydrogen-bond donors (Lipinski definition) is 2. The number of benzene rings is 3. The first kappa shape index (κ1) is 23.9. The van der Waals surface area contributed by atoms with Crippen molar-refractivity contribution in [2.45, 2.75) is 44.6 Å². The number of aliphatic hydroxyl groups is 1. The molecule has 3 aromatic carbocycles. The van der Waals surface area contributed by atoms with Gasteiger partial charge in [-0.05, 0) is 55.0 Å². The highest BCUT2D eigenvalue weighted by Gasteiger charge is 2.41. The summed E-state index contributed by atoms with van der Waals surface area (Å²) in [5, 5.41) is 20.7. The summed E-state index contributed by atoms with van der Waals surface area (Å²) in [6.45, 7) is 2.15. The minimum atomic E-state index is -0.723. The molecule has 5 rings (SSSR count). The minimum Gasteiger partial charge on any atom is -0.493 e. The van der Waals surface area contributed by atoms with Crippen LogP contribution in [-0.4, -0.2) is 16.7 Å². The molecule has 0 radical (unpaired) electrons. The summed E-state index contributed by atoms with van der Waals surface area (Å²) < 4.78 is 0. The van der Waals surface area contributed by atoms with Crippen LogP contribution in [0.5, 0.6) is 0 Å². The van der Waals surface area contributed by atoms with Crippen molar-refractivity contribution in [1.82, 2.24) is 5.32 Å². The third-order valence-electron chi connectivity index (χ3n) is 7.57. The van der Waals surface area contributed by atoms with Crippen LogP contribution in [0.4, 0.5) is 5.69 Å². The lowest BCUT2D eigenvalue weighted by Crippen LogP contribution is -2.52. The number of carbonyl (C=O) groups excluding carboxylic acids is 1.